The number of fused-ring (bicyclic) bond motifs is 1. The predicted molar refractivity (Wildman–Crippen MR) is 208 cm³/mol. The highest BCUT2D eigenvalue weighted by Crippen LogP contribution is 2.34. The summed E-state index contributed by atoms with van der Waals surface area (Å²) in [6.45, 7) is 8.00. The van der Waals surface area contributed by atoms with Gasteiger partial charge in [0.2, 0.25) is 17.2 Å². The second kappa shape index (κ2) is 15.5. The van der Waals surface area contributed by atoms with Crippen LogP contribution in [0.25, 0.3) is 10.8 Å². The number of aryl methyl sites for hydroxylation is 4. The van der Waals surface area contributed by atoms with Crippen molar-refractivity contribution in [3.8, 4) is 0 Å². The van der Waals surface area contributed by atoms with E-state index in [9.17, 15) is 9.59 Å². The number of anilines is 6. The lowest BCUT2D eigenvalue weighted by Gasteiger charge is -2.12. The number of nitrogens with one attached hydrogen (secondary N) is 4. The lowest BCUT2D eigenvalue weighted by Crippen LogP contribution is -2.19. The van der Waals surface area contributed by atoms with Crippen molar-refractivity contribution in [1.29, 1.82) is 0 Å². The van der Waals surface area contributed by atoms with Crippen LogP contribution in [0.15, 0.2) is 105 Å². The monoisotopic (exact) mass is 727 g/mol. The standard InChI is InChI=1S/C37H34ClN13O2/c1-19-8-11-28(22(4)14-19)49-51-30-13-10-24(18-32(30)44-35(40)53)42-37-46-33(38)45-36(47-37)41-23-9-12-29(31(17-23)43-34(39)52)50-48-25-15-21(3)26-7-5-6-20(2)27(26)16-25/h5-18H,1-4H3,(H3,39,43,52)(H3,40,44,53)(H2,41,42,45,46,47). The first-order valence-electron chi connectivity index (χ1n) is 16.2. The van der Waals surface area contributed by atoms with Crippen molar-refractivity contribution in [2.24, 2.45) is 31.9 Å². The summed E-state index contributed by atoms with van der Waals surface area (Å²) >= 11 is 6.27. The highest BCUT2D eigenvalue weighted by Gasteiger charge is 2.12. The first-order valence-corrected chi connectivity index (χ1v) is 16.6. The minimum Gasteiger partial charge on any atom is -0.351 e. The molecule has 6 rings (SSSR count). The molecule has 15 nitrogen and oxygen atoms in total. The number of aromatic nitrogens is 3. The number of urea groups is 2. The quantitative estimate of drug-likeness (QED) is 0.0748. The topological polar surface area (TPSA) is 222 Å². The zero-order chi connectivity index (χ0) is 37.6. The number of nitrogens with two attached hydrogens (primary N) is 2. The molecule has 0 atom stereocenters. The fourth-order valence-electron chi connectivity index (χ4n) is 5.49. The summed E-state index contributed by atoms with van der Waals surface area (Å²) in [5, 5.41) is 30.9. The van der Waals surface area contributed by atoms with Crippen LogP contribution in [0.4, 0.5) is 67.0 Å². The van der Waals surface area contributed by atoms with Crippen LogP contribution < -0.4 is 32.7 Å². The van der Waals surface area contributed by atoms with Gasteiger partial charge in [-0.3, -0.25) is 0 Å². The highest BCUT2D eigenvalue weighted by atomic mass is 35.5. The Balaban J connectivity index is 1.23. The number of amides is 4. The smallest absolute Gasteiger partial charge is 0.316 e. The fraction of sp³-hybridized carbons (Fsp3) is 0.108. The van der Waals surface area contributed by atoms with Gasteiger partial charge >= 0.3 is 12.1 Å². The average Bonchev–Trinajstić information content (AvgIpc) is 3.08. The van der Waals surface area contributed by atoms with Crippen molar-refractivity contribution >= 4 is 91.8 Å². The van der Waals surface area contributed by atoms with Gasteiger partial charge in [0.1, 0.15) is 11.4 Å². The zero-order valence-corrected chi connectivity index (χ0v) is 29.8. The van der Waals surface area contributed by atoms with Gasteiger partial charge < -0.3 is 32.7 Å². The van der Waals surface area contributed by atoms with Crippen LogP contribution in [0.2, 0.25) is 5.28 Å². The first-order chi connectivity index (χ1) is 25.4. The summed E-state index contributed by atoms with van der Waals surface area (Å²) in [6.07, 6.45) is 0. The number of carbonyl (C=O) groups excluding carboxylic acids is 2. The Kier molecular flexibility index (Phi) is 10.5. The van der Waals surface area contributed by atoms with Crippen LogP contribution >= 0.6 is 11.6 Å². The number of rotatable bonds is 10. The van der Waals surface area contributed by atoms with Crippen molar-refractivity contribution in [3.05, 3.63) is 112 Å². The summed E-state index contributed by atoms with van der Waals surface area (Å²) in [5.74, 6) is 0.173. The molecule has 0 radical (unpaired) electrons. The van der Waals surface area contributed by atoms with Crippen LogP contribution in [0.5, 0.6) is 0 Å². The van der Waals surface area contributed by atoms with Gasteiger partial charge in [-0.05, 0) is 121 Å². The fourth-order valence-corrected chi connectivity index (χ4v) is 5.65. The summed E-state index contributed by atoms with van der Waals surface area (Å²) in [4.78, 5) is 36.5. The maximum atomic E-state index is 11.9. The molecule has 0 spiro atoms. The van der Waals surface area contributed by atoms with Crippen molar-refractivity contribution in [2.45, 2.75) is 27.7 Å². The number of nitrogens with zero attached hydrogens (tertiary/aromatic N) is 7. The van der Waals surface area contributed by atoms with E-state index in [1.54, 1.807) is 36.4 Å². The van der Waals surface area contributed by atoms with Gasteiger partial charge in [-0.1, -0.05) is 35.9 Å². The minimum absolute atomic E-state index is 0.0864. The SMILES string of the molecule is Cc1ccc(N=Nc2ccc(Nc3nc(Cl)nc(Nc4ccc(N=Nc5cc(C)c6cccc(C)c6c5)c(NC(N)=O)c4)n3)cc2NC(N)=O)c(C)c1. The van der Waals surface area contributed by atoms with E-state index in [1.165, 1.54) is 0 Å². The Morgan fingerprint density at radius 1 is 0.585 bits per heavy atom. The number of primary amides is 2. The Morgan fingerprint density at radius 3 is 1.74 bits per heavy atom. The third-order valence-electron chi connectivity index (χ3n) is 7.93. The maximum Gasteiger partial charge on any atom is 0.316 e. The summed E-state index contributed by atoms with van der Waals surface area (Å²) in [7, 11) is 0. The largest absolute Gasteiger partial charge is 0.351 e. The molecule has 0 saturated heterocycles. The molecule has 8 N–H and O–H groups in total. The minimum atomic E-state index is -0.784. The predicted octanol–water partition coefficient (Wildman–Crippen LogP) is 10.2. The van der Waals surface area contributed by atoms with Gasteiger partial charge in [-0.2, -0.15) is 25.2 Å². The van der Waals surface area contributed by atoms with Crippen molar-refractivity contribution in [1.82, 2.24) is 15.0 Å². The number of halogens is 1. The molecule has 0 bridgehead atoms. The number of hydrogen-bond donors (Lipinski definition) is 6. The van der Waals surface area contributed by atoms with E-state index in [-0.39, 0.29) is 17.2 Å². The van der Waals surface area contributed by atoms with Crippen LogP contribution in [0.1, 0.15) is 22.3 Å². The molecule has 4 amide bonds. The van der Waals surface area contributed by atoms with E-state index in [0.29, 0.717) is 45.5 Å². The van der Waals surface area contributed by atoms with E-state index in [1.807, 2.05) is 70.2 Å². The third kappa shape index (κ3) is 9.03. The molecule has 5 aromatic carbocycles. The molecule has 16 heteroatoms. The molecule has 6 aromatic rings. The Bertz CT molecular complexity index is 2450. The molecular weight excluding hydrogens is 694 g/mol. The van der Waals surface area contributed by atoms with Gasteiger partial charge in [0.15, 0.2) is 0 Å². The lowest BCUT2D eigenvalue weighted by atomic mass is 10.0. The first kappa shape index (κ1) is 35.8. The normalized spacial score (nSPS) is 11.3. The lowest BCUT2D eigenvalue weighted by molar-refractivity contribution is 0.258. The van der Waals surface area contributed by atoms with E-state index in [4.69, 9.17) is 23.1 Å². The number of azo groups is 2. The molecule has 1 heterocycles. The van der Waals surface area contributed by atoms with Gasteiger partial charge in [0, 0.05) is 11.4 Å². The molecular formula is C37H34ClN13O2. The second-order valence-electron chi connectivity index (χ2n) is 12.1. The van der Waals surface area contributed by atoms with Crippen molar-refractivity contribution in [3.63, 3.8) is 0 Å². The molecule has 266 valence electrons. The average molecular weight is 728 g/mol. The van der Waals surface area contributed by atoms with E-state index in [0.717, 1.165) is 33.0 Å². The Hall–Kier alpha value is -7.00. The van der Waals surface area contributed by atoms with Crippen molar-refractivity contribution in [2.75, 3.05) is 21.3 Å². The number of carbonyl (C=O) groups is 2. The van der Waals surface area contributed by atoms with Gasteiger partial charge in [-0.25, -0.2) is 9.59 Å². The van der Waals surface area contributed by atoms with E-state index >= 15 is 0 Å². The summed E-state index contributed by atoms with van der Waals surface area (Å²) in [6, 6.07) is 24.2. The third-order valence-corrected chi connectivity index (χ3v) is 8.09. The second-order valence-corrected chi connectivity index (χ2v) is 12.4. The molecule has 0 aliphatic carbocycles. The molecule has 0 aliphatic rings. The highest BCUT2D eigenvalue weighted by molar-refractivity contribution is 6.28. The Morgan fingerprint density at radius 2 is 1.15 bits per heavy atom. The molecule has 53 heavy (non-hydrogen) atoms. The van der Waals surface area contributed by atoms with Crippen LogP contribution in [-0.4, -0.2) is 27.0 Å². The van der Waals surface area contributed by atoms with E-state index < -0.39 is 12.1 Å². The van der Waals surface area contributed by atoms with E-state index in [2.05, 4.69) is 62.7 Å². The number of benzene rings is 5. The maximum absolute atomic E-state index is 11.9. The Labute approximate surface area is 309 Å². The molecule has 0 fully saturated rings. The number of hydrogen-bond acceptors (Lipinski definition) is 11. The molecule has 0 aliphatic heterocycles. The zero-order valence-electron chi connectivity index (χ0n) is 29.1. The molecule has 0 unspecified atom stereocenters. The molecule has 0 saturated carbocycles. The van der Waals surface area contributed by atoms with Gasteiger partial charge in [-0.15, -0.1) is 10.2 Å². The van der Waals surface area contributed by atoms with Crippen LogP contribution in [0, 0.1) is 27.7 Å². The van der Waals surface area contributed by atoms with Crippen molar-refractivity contribution < 1.29 is 9.59 Å². The summed E-state index contributed by atoms with van der Waals surface area (Å²) in [5.41, 5.74) is 18.8. The van der Waals surface area contributed by atoms with Crippen LogP contribution in [0.3, 0.4) is 0 Å². The van der Waals surface area contributed by atoms with Gasteiger partial charge in [0.25, 0.3) is 0 Å². The van der Waals surface area contributed by atoms with Crippen LogP contribution in [-0.2, 0) is 0 Å². The molecule has 1 aromatic heterocycles. The van der Waals surface area contributed by atoms with Gasteiger partial charge in [0.05, 0.1) is 22.7 Å². The summed E-state index contributed by atoms with van der Waals surface area (Å²) < 4.78 is 0.